The van der Waals surface area contributed by atoms with E-state index in [0.29, 0.717) is 23.1 Å². The van der Waals surface area contributed by atoms with Crippen molar-refractivity contribution >= 4 is 34.7 Å². The van der Waals surface area contributed by atoms with E-state index in [1.165, 1.54) is 6.33 Å². The number of halogens is 2. The number of nitrogens with one attached hydrogen (secondary N) is 1. The highest BCUT2D eigenvalue weighted by atomic mass is 35.5. The van der Waals surface area contributed by atoms with Gasteiger partial charge in [-0.15, -0.1) is 0 Å². The zero-order valence-electron chi connectivity index (χ0n) is 6.72. The highest BCUT2D eigenvalue weighted by Gasteiger charge is 2.04. The molecule has 1 aromatic rings. The fraction of sp³-hybridized carbons (Fsp3) is 0.143. The topological polar surface area (TPSA) is 63.8 Å². The van der Waals surface area contributed by atoms with Crippen LogP contribution in [0.4, 0.5) is 11.5 Å². The minimum atomic E-state index is 0.220. The first-order valence-electron chi connectivity index (χ1n) is 3.44. The summed E-state index contributed by atoms with van der Waals surface area (Å²) in [5.41, 5.74) is 5.88. The molecule has 1 aromatic heterocycles. The predicted octanol–water partition coefficient (Wildman–Crippen LogP) is 1.88. The molecule has 0 unspecified atom stereocenters. The summed E-state index contributed by atoms with van der Waals surface area (Å²) in [5.74, 6) is 0.460. The third-order valence-corrected chi connectivity index (χ3v) is 1.72. The number of nitrogens with zero attached hydrogens (tertiary/aromatic N) is 2. The summed E-state index contributed by atoms with van der Waals surface area (Å²) in [6.45, 7) is 3.90. The van der Waals surface area contributed by atoms with Gasteiger partial charge in [0.25, 0.3) is 0 Å². The zero-order valence-corrected chi connectivity index (χ0v) is 8.23. The van der Waals surface area contributed by atoms with Gasteiger partial charge in [-0.2, -0.15) is 0 Å². The first-order chi connectivity index (χ1) is 6.11. The first kappa shape index (κ1) is 10.1. The quantitative estimate of drug-likeness (QED) is 0.761. The molecule has 1 rings (SSSR count). The minimum Gasteiger partial charge on any atom is -0.393 e. The first-order valence-corrected chi connectivity index (χ1v) is 4.20. The molecule has 0 aliphatic heterocycles. The third kappa shape index (κ3) is 2.75. The van der Waals surface area contributed by atoms with Crippen LogP contribution in [0.1, 0.15) is 0 Å². The number of aromatic nitrogens is 2. The zero-order chi connectivity index (χ0) is 9.84. The summed E-state index contributed by atoms with van der Waals surface area (Å²) in [6, 6.07) is 0. The van der Waals surface area contributed by atoms with Crippen LogP contribution < -0.4 is 11.1 Å². The van der Waals surface area contributed by atoms with Gasteiger partial charge in [0.05, 0.1) is 6.54 Å². The van der Waals surface area contributed by atoms with E-state index in [1.807, 2.05) is 0 Å². The lowest BCUT2D eigenvalue weighted by molar-refractivity contribution is 1.14. The molecule has 0 spiro atoms. The maximum absolute atomic E-state index is 5.66. The molecular formula is C7H8Cl2N4. The smallest absolute Gasteiger partial charge is 0.157 e. The largest absolute Gasteiger partial charge is 0.393 e. The average molecular weight is 219 g/mol. The van der Waals surface area contributed by atoms with Gasteiger partial charge in [0.1, 0.15) is 12.0 Å². The van der Waals surface area contributed by atoms with Crippen LogP contribution in [0.2, 0.25) is 5.15 Å². The van der Waals surface area contributed by atoms with Crippen molar-refractivity contribution in [1.82, 2.24) is 9.97 Å². The molecule has 0 aliphatic carbocycles. The molecule has 0 fully saturated rings. The Balaban J connectivity index is 2.77. The van der Waals surface area contributed by atoms with Crippen LogP contribution >= 0.6 is 23.2 Å². The molecule has 70 valence electrons. The van der Waals surface area contributed by atoms with Gasteiger partial charge in [0.15, 0.2) is 11.0 Å². The van der Waals surface area contributed by atoms with Crippen LogP contribution in [0.25, 0.3) is 0 Å². The monoisotopic (exact) mass is 218 g/mol. The Kier molecular flexibility index (Phi) is 3.33. The number of nitrogens with two attached hydrogens (primary N) is 1. The Bertz CT molecular complexity index is 326. The number of anilines is 2. The lowest BCUT2D eigenvalue weighted by Crippen LogP contribution is -2.06. The highest BCUT2D eigenvalue weighted by molar-refractivity contribution is 6.32. The number of hydrogen-bond donors (Lipinski definition) is 2. The van der Waals surface area contributed by atoms with Crippen LogP contribution in [0.5, 0.6) is 0 Å². The Labute approximate surface area is 85.8 Å². The van der Waals surface area contributed by atoms with E-state index in [0.717, 1.165) is 0 Å². The summed E-state index contributed by atoms with van der Waals surface area (Å²) in [7, 11) is 0. The van der Waals surface area contributed by atoms with Crippen LogP contribution in [0, 0.1) is 0 Å². The Morgan fingerprint density at radius 2 is 2.31 bits per heavy atom. The van der Waals surface area contributed by atoms with Gasteiger partial charge in [-0.1, -0.05) is 29.8 Å². The van der Waals surface area contributed by atoms with Gasteiger partial charge >= 0.3 is 0 Å². The van der Waals surface area contributed by atoms with Crippen molar-refractivity contribution in [2.75, 3.05) is 17.6 Å². The summed E-state index contributed by atoms with van der Waals surface area (Å²) in [4.78, 5) is 7.58. The lowest BCUT2D eigenvalue weighted by Gasteiger charge is -2.06. The Morgan fingerprint density at radius 1 is 1.62 bits per heavy atom. The van der Waals surface area contributed by atoms with Crippen LogP contribution in [0.3, 0.4) is 0 Å². The van der Waals surface area contributed by atoms with Gasteiger partial charge in [-0.3, -0.25) is 0 Å². The molecule has 0 aromatic carbocycles. The molecule has 4 nitrogen and oxygen atoms in total. The lowest BCUT2D eigenvalue weighted by atomic mass is 10.4. The second kappa shape index (κ2) is 4.30. The second-order valence-corrected chi connectivity index (χ2v) is 3.19. The third-order valence-electron chi connectivity index (χ3n) is 1.28. The summed E-state index contributed by atoms with van der Waals surface area (Å²) < 4.78 is 0. The van der Waals surface area contributed by atoms with Crippen molar-refractivity contribution in [2.45, 2.75) is 0 Å². The molecule has 0 saturated carbocycles. The standard InChI is InChI=1S/C7H8Cl2N4/c1-4(8)2-11-7-5(10)6(9)12-3-13-7/h3H,1-2,10H2,(H,11,12,13). The summed E-state index contributed by atoms with van der Waals surface area (Å²) >= 11 is 11.2. The van der Waals surface area contributed by atoms with E-state index in [4.69, 9.17) is 28.9 Å². The number of nitrogen functional groups attached to an aromatic ring is 1. The van der Waals surface area contributed by atoms with E-state index in [1.54, 1.807) is 0 Å². The molecule has 0 bridgehead atoms. The highest BCUT2D eigenvalue weighted by Crippen LogP contribution is 2.21. The van der Waals surface area contributed by atoms with Crippen LogP contribution in [-0.2, 0) is 0 Å². The predicted molar refractivity (Wildman–Crippen MR) is 54.9 cm³/mol. The van der Waals surface area contributed by atoms with Gasteiger partial charge < -0.3 is 11.1 Å². The second-order valence-electron chi connectivity index (χ2n) is 2.30. The molecule has 13 heavy (non-hydrogen) atoms. The molecule has 0 amide bonds. The van der Waals surface area contributed by atoms with E-state index in [2.05, 4.69) is 21.9 Å². The summed E-state index contributed by atoms with van der Waals surface area (Å²) in [6.07, 6.45) is 1.32. The Hall–Kier alpha value is -1.00. The van der Waals surface area contributed by atoms with Crippen LogP contribution in [-0.4, -0.2) is 16.5 Å². The minimum absolute atomic E-state index is 0.220. The molecule has 1 heterocycles. The van der Waals surface area contributed by atoms with Crippen molar-refractivity contribution in [3.8, 4) is 0 Å². The van der Waals surface area contributed by atoms with Crippen LogP contribution in [0.15, 0.2) is 17.9 Å². The molecular weight excluding hydrogens is 211 g/mol. The van der Waals surface area contributed by atoms with Crippen molar-refractivity contribution < 1.29 is 0 Å². The molecule has 0 aliphatic rings. The average Bonchev–Trinajstić information content (AvgIpc) is 2.07. The van der Waals surface area contributed by atoms with Crippen molar-refractivity contribution in [1.29, 1.82) is 0 Å². The maximum atomic E-state index is 5.66. The molecule has 6 heteroatoms. The normalized spacial score (nSPS) is 9.69. The summed E-state index contributed by atoms with van der Waals surface area (Å²) in [5, 5.41) is 3.55. The van der Waals surface area contributed by atoms with E-state index in [-0.39, 0.29) is 5.15 Å². The van der Waals surface area contributed by atoms with E-state index < -0.39 is 0 Å². The fourth-order valence-electron chi connectivity index (χ4n) is 0.695. The SMILES string of the molecule is C=C(Cl)CNc1ncnc(Cl)c1N. The van der Waals surface area contributed by atoms with Crippen molar-refractivity contribution in [3.63, 3.8) is 0 Å². The van der Waals surface area contributed by atoms with Gasteiger partial charge in [0.2, 0.25) is 0 Å². The van der Waals surface area contributed by atoms with Gasteiger partial charge in [0, 0.05) is 5.03 Å². The van der Waals surface area contributed by atoms with Crippen molar-refractivity contribution in [3.05, 3.63) is 23.1 Å². The van der Waals surface area contributed by atoms with Crippen molar-refractivity contribution in [2.24, 2.45) is 0 Å². The maximum Gasteiger partial charge on any atom is 0.157 e. The molecule has 0 atom stereocenters. The molecule has 3 N–H and O–H groups in total. The molecule has 0 saturated heterocycles. The van der Waals surface area contributed by atoms with Gasteiger partial charge in [-0.05, 0) is 0 Å². The van der Waals surface area contributed by atoms with E-state index >= 15 is 0 Å². The Morgan fingerprint density at radius 3 is 2.92 bits per heavy atom. The number of rotatable bonds is 3. The van der Waals surface area contributed by atoms with Gasteiger partial charge in [-0.25, -0.2) is 9.97 Å². The van der Waals surface area contributed by atoms with E-state index in [9.17, 15) is 0 Å². The molecule has 0 radical (unpaired) electrons. The number of hydrogen-bond acceptors (Lipinski definition) is 4. The fourth-order valence-corrected chi connectivity index (χ4v) is 0.895.